The van der Waals surface area contributed by atoms with Gasteiger partial charge in [-0.15, -0.1) is 0 Å². The van der Waals surface area contributed by atoms with Gasteiger partial charge in [-0.1, -0.05) is 22.0 Å². The van der Waals surface area contributed by atoms with Crippen LogP contribution in [0.1, 0.15) is 15.9 Å². The molecular weight excluding hydrogens is 499 g/mol. The monoisotopic (exact) mass is 514 g/mol. The van der Waals surface area contributed by atoms with Gasteiger partial charge in [0.2, 0.25) is 5.89 Å². The molecule has 0 saturated carbocycles. The summed E-state index contributed by atoms with van der Waals surface area (Å²) in [5.74, 6) is -0.0314. The summed E-state index contributed by atoms with van der Waals surface area (Å²) in [6.07, 6.45) is 1.71. The van der Waals surface area contributed by atoms with Crippen LogP contribution in [0.25, 0.3) is 22.6 Å². The van der Waals surface area contributed by atoms with Gasteiger partial charge in [0.1, 0.15) is 17.1 Å². The Bertz CT molecular complexity index is 1510. The number of aliphatic imine (C=N–C) groups is 1. The van der Waals surface area contributed by atoms with Crippen LogP contribution < -0.4 is 4.74 Å². The second-order valence-corrected chi connectivity index (χ2v) is 8.32. The van der Waals surface area contributed by atoms with Crippen LogP contribution in [-0.4, -0.2) is 17.2 Å². The second kappa shape index (κ2) is 9.41. The van der Waals surface area contributed by atoms with E-state index in [2.05, 4.69) is 25.9 Å². The molecule has 5 aromatic rings. The highest BCUT2D eigenvalue weighted by Crippen LogP contribution is 2.28. The molecule has 0 spiro atoms. The highest BCUT2D eigenvalue weighted by Gasteiger charge is 2.10. The van der Waals surface area contributed by atoms with E-state index >= 15 is 0 Å². The summed E-state index contributed by atoms with van der Waals surface area (Å²) >= 11 is 3.46. The number of hydrogen-bond acceptors (Lipinski definition) is 5. The number of carbonyl (C=O) groups is 1. The van der Waals surface area contributed by atoms with Crippen molar-refractivity contribution in [2.75, 3.05) is 0 Å². The molecule has 7 heteroatoms. The van der Waals surface area contributed by atoms with Crippen molar-refractivity contribution in [1.82, 2.24) is 4.98 Å². The van der Waals surface area contributed by atoms with E-state index < -0.39 is 11.8 Å². The summed E-state index contributed by atoms with van der Waals surface area (Å²) in [6.45, 7) is 0. The van der Waals surface area contributed by atoms with Crippen LogP contribution in [0.4, 0.5) is 10.1 Å². The van der Waals surface area contributed by atoms with Gasteiger partial charge in [-0.3, -0.25) is 4.99 Å². The fourth-order valence-electron chi connectivity index (χ4n) is 3.26. The Morgan fingerprint density at radius 1 is 0.971 bits per heavy atom. The Hall–Kier alpha value is -4.10. The number of esters is 1. The van der Waals surface area contributed by atoms with Gasteiger partial charge in [-0.2, -0.15) is 0 Å². The van der Waals surface area contributed by atoms with Crippen LogP contribution in [-0.2, 0) is 0 Å². The first-order chi connectivity index (χ1) is 16.5. The molecule has 0 fully saturated rings. The molecule has 4 aromatic carbocycles. The third-order valence-corrected chi connectivity index (χ3v) is 5.47. The summed E-state index contributed by atoms with van der Waals surface area (Å²) in [5, 5.41) is 0. The minimum absolute atomic E-state index is 0.276. The number of carbonyl (C=O) groups excluding carboxylic acids is 1. The molecule has 34 heavy (non-hydrogen) atoms. The van der Waals surface area contributed by atoms with Gasteiger partial charge < -0.3 is 9.15 Å². The van der Waals surface area contributed by atoms with Crippen LogP contribution >= 0.6 is 15.9 Å². The van der Waals surface area contributed by atoms with Crippen LogP contribution in [0.3, 0.4) is 0 Å². The molecule has 5 rings (SSSR count). The quantitative estimate of drug-likeness (QED) is 0.139. The van der Waals surface area contributed by atoms with Crippen molar-refractivity contribution in [3.63, 3.8) is 0 Å². The lowest BCUT2D eigenvalue weighted by Gasteiger charge is -2.04. The number of benzene rings is 4. The average Bonchev–Trinajstić information content (AvgIpc) is 3.28. The van der Waals surface area contributed by atoms with E-state index in [1.165, 1.54) is 24.3 Å². The highest BCUT2D eigenvalue weighted by molar-refractivity contribution is 9.10. The number of fused-ring (bicyclic) bond motifs is 1. The van der Waals surface area contributed by atoms with E-state index in [1.807, 2.05) is 42.5 Å². The molecular formula is C27H16BrFN2O3. The third-order valence-electron chi connectivity index (χ3n) is 4.98. The van der Waals surface area contributed by atoms with Crippen LogP contribution in [0.2, 0.25) is 0 Å². The molecule has 0 amide bonds. The van der Waals surface area contributed by atoms with Gasteiger partial charge in [0, 0.05) is 16.3 Å². The fraction of sp³-hybridized carbons (Fsp3) is 0. The van der Waals surface area contributed by atoms with Gasteiger partial charge in [0.05, 0.1) is 11.3 Å². The molecule has 0 radical (unpaired) electrons. The Labute approximate surface area is 202 Å². The molecule has 0 bridgehead atoms. The fourth-order valence-corrected chi connectivity index (χ4v) is 3.66. The van der Waals surface area contributed by atoms with E-state index in [9.17, 15) is 9.18 Å². The average molecular weight is 515 g/mol. The lowest BCUT2D eigenvalue weighted by atomic mass is 10.2. The predicted octanol–water partition coefficient (Wildman–Crippen LogP) is 7.37. The zero-order chi connectivity index (χ0) is 23.5. The lowest BCUT2D eigenvalue weighted by Crippen LogP contribution is -2.08. The van der Waals surface area contributed by atoms with Crippen molar-refractivity contribution in [2.45, 2.75) is 0 Å². The maximum absolute atomic E-state index is 13.0. The van der Waals surface area contributed by atoms with Crippen LogP contribution in [0, 0.1) is 5.82 Å². The second-order valence-electron chi connectivity index (χ2n) is 7.41. The number of halogens is 2. The molecule has 5 nitrogen and oxygen atoms in total. The summed E-state index contributed by atoms with van der Waals surface area (Å²) in [4.78, 5) is 21.2. The summed E-state index contributed by atoms with van der Waals surface area (Å²) in [6, 6.07) is 25.4. The molecule has 1 heterocycles. The van der Waals surface area contributed by atoms with Crippen LogP contribution in [0.5, 0.6) is 5.75 Å². The van der Waals surface area contributed by atoms with Crippen molar-refractivity contribution in [3.8, 4) is 17.2 Å². The van der Waals surface area contributed by atoms with Gasteiger partial charge in [-0.05, 0) is 90.5 Å². The van der Waals surface area contributed by atoms with E-state index in [-0.39, 0.29) is 5.56 Å². The van der Waals surface area contributed by atoms with E-state index in [4.69, 9.17) is 9.15 Å². The topological polar surface area (TPSA) is 64.7 Å². The smallest absolute Gasteiger partial charge is 0.343 e. The highest BCUT2D eigenvalue weighted by atomic mass is 79.9. The first-order valence-corrected chi connectivity index (χ1v) is 11.1. The molecule has 0 aliphatic heterocycles. The molecule has 0 saturated heterocycles. The minimum atomic E-state index is -0.551. The van der Waals surface area contributed by atoms with Crippen molar-refractivity contribution < 1.29 is 18.3 Å². The Morgan fingerprint density at radius 2 is 1.76 bits per heavy atom. The molecule has 0 atom stereocenters. The number of aromatic nitrogens is 1. The van der Waals surface area contributed by atoms with Gasteiger partial charge >= 0.3 is 5.97 Å². The number of rotatable bonds is 5. The zero-order valence-corrected chi connectivity index (χ0v) is 19.2. The zero-order valence-electron chi connectivity index (χ0n) is 17.6. The van der Waals surface area contributed by atoms with Crippen LogP contribution in [0.15, 0.2) is 105 Å². The summed E-state index contributed by atoms with van der Waals surface area (Å²) < 4.78 is 25.1. The Balaban J connectivity index is 1.28. The SMILES string of the molecule is O=C(Oc1ccc(C=Nc2ccc3oc(-c4cccc(Br)c4)nc3c2)cc1)c1ccc(F)cc1. The molecule has 166 valence electrons. The van der Waals surface area contributed by atoms with Crippen molar-refractivity contribution in [3.05, 3.63) is 112 Å². The number of ether oxygens (including phenoxy) is 1. The standard InChI is InChI=1S/C27H16BrFN2O3/c28-20-3-1-2-19(14-20)26-31-24-15-22(10-13-25(24)34-26)30-16-17-4-11-23(12-5-17)33-27(32)18-6-8-21(29)9-7-18/h1-16H. The normalized spacial score (nSPS) is 11.2. The van der Waals surface area contributed by atoms with E-state index in [0.717, 1.165) is 21.3 Å². The first-order valence-electron chi connectivity index (χ1n) is 10.3. The Kier molecular flexibility index (Phi) is 6.01. The number of hydrogen-bond donors (Lipinski definition) is 0. The molecule has 0 unspecified atom stereocenters. The largest absolute Gasteiger partial charge is 0.436 e. The van der Waals surface area contributed by atoms with E-state index in [1.54, 1.807) is 30.5 Å². The minimum Gasteiger partial charge on any atom is -0.436 e. The van der Waals surface area contributed by atoms with Crippen molar-refractivity contribution in [1.29, 1.82) is 0 Å². The Morgan fingerprint density at radius 3 is 2.53 bits per heavy atom. The molecule has 0 N–H and O–H groups in total. The summed E-state index contributed by atoms with van der Waals surface area (Å²) in [5.41, 5.74) is 4.12. The maximum Gasteiger partial charge on any atom is 0.343 e. The lowest BCUT2D eigenvalue weighted by molar-refractivity contribution is 0.0734. The molecule has 1 aromatic heterocycles. The van der Waals surface area contributed by atoms with Crippen molar-refractivity contribution >= 4 is 44.9 Å². The van der Waals surface area contributed by atoms with Gasteiger partial charge in [0.25, 0.3) is 0 Å². The summed E-state index contributed by atoms with van der Waals surface area (Å²) in [7, 11) is 0. The number of nitrogens with zero attached hydrogens (tertiary/aromatic N) is 2. The maximum atomic E-state index is 13.0. The molecule has 0 aliphatic carbocycles. The first kappa shape index (κ1) is 21.7. The number of oxazole rings is 1. The van der Waals surface area contributed by atoms with E-state index in [0.29, 0.717) is 22.7 Å². The molecule has 0 aliphatic rings. The van der Waals surface area contributed by atoms with Gasteiger partial charge in [-0.25, -0.2) is 14.2 Å². The third kappa shape index (κ3) is 4.94. The van der Waals surface area contributed by atoms with Gasteiger partial charge in [0.15, 0.2) is 5.58 Å². The van der Waals surface area contributed by atoms with Crippen molar-refractivity contribution in [2.24, 2.45) is 4.99 Å². The predicted molar refractivity (Wildman–Crippen MR) is 132 cm³/mol.